The van der Waals surface area contributed by atoms with Crippen LogP contribution in [0.1, 0.15) is 22.2 Å². The quantitative estimate of drug-likeness (QED) is 0.693. The van der Waals surface area contributed by atoms with Crippen molar-refractivity contribution in [2.75, 3.05) is 26.0 Å². The maximum Gasteiger partial charge on any atom is 0.410 e. The van der Waals surface area contributed by atoms with Crippen LogP contribution in [0, 0.1) is 17.8 Å². The van der Waals surface area contributed by atoms with Crippen molar-refractivity contribution < 1.29 is 24.1 Å². The number of piperidine rings is 1. The van der Waals surface area contributed by atoms with Gasteiger partial charge in [0.15, 0.2) is 9.84 Å². The molecule has 1 amide bonds. The number of aromatic nitrogens is 1. The van der Waals surface area contributed by atoms with E-state index in [1.807, 2.05) is 45.0 Å². The fourth-order valence-electron chi connectivity index (χ4n) is 4.06. The lowest BCUT2D eigenvalue weighted by molar-refractivity contribution is 0.0261. The van der Waals surface area contributed by atoms with Gasteiger partial charge in [0.1, 0.15) is 11.4 Å². The summed E-state index contributed by atoms with van der Waals surface area (Å²) in [5.74, 6) is 2.24. The first kappa shape index (κ1) is 21.6. The second kappa shape index (κ2) is 7.82. The second-order valence-corrected chi connectivity index (χ2v) is 11.4. The second-order valence-electron chi connectivity index (χ2n) is 9.36. The third kappa shape index (κ3) is 5.01. The molecule has 8 heteroatoms. The number of carbonyl (C=O) groups is 1. The molecular weight excluding hydrogens is 416 g/mol. The number of fused-ring (bicyclic) bond motifs is 1. The molecule has 2 aromatic rings. The minimum Gasteiger partial charge on any atom is -0.493 e. The molecule has 2 unspecified atom stereocenters. The minimum absolute atomic E-state index is 0. The van der Waals surface area contributed by atoms with Gasteiger partial charge in [0.2, 0.25) is 0 Å². The largest absolute Gasteiger partial charge is 0.493 e. The third-order valence-corrected chi connectivity index (χ3v) is 6.88. The Bertz CT molecular complexity index is 1050. The minimum atomic E-state index is -3.25. The van der Waals surface area contributed by atoms with Gasteiger partial charge in [-0.05, 0) is 69.0 Å². The molecule has 0 N–H and O–H groups in total. The Balaban J connectivity index is 0.00000289. The highest BCUT2D eigenvalue weighted by Crippen LogP contribution is 2.52. The van der Waals surface area contributed by atoms with Gasteiger partial charge in [0.25, 0.3) is 0 Å². The number of nitrogens with zero attached hydrogens (tertiary/aromatic N) is 2. The fraction of sp³-hybridized carbons (Fsp3) is 0.478. The fourth-order valence-corrected chi connectivity index (χ4v) is 4.62. The first-order valence-corrected chi connectivity index (χ1v) is 12.3. The topological polar surface area (TPSA) is 85.8 Å². The molecule has 168 valence electrons. The highest BCUT2D eigenvalue weighted by atomic mass is 32.2. The van der Waals surface area contributed by atoms with Crippen LogP contribution in [0.5, 0.6) is 5.75 Å². The number of rotatable bonds is 5. The van der Waals surface area contributed by atoms with E-state index in [0.29, 0.717) is 30.1 Å². The first-order chi connectivity index (χ1) is 14.5. The van der Waals surface area contributed by atoms with Gasteiger partial charge in [-0.25, -0.2) is 13.2 Å². The van der Waals surface area contributed by atoms with Crippen LogP contribution in [-0.4, -0.2) is 55.9 Å². The molecule has 0 bridgehead atoms. The molecule has 1 saturated heterocycles. The number of sulfone groups is 1. The van der Waals surface area contributed by atoms with Crippen LogP contribution in [-0.2, 0) is 14.6 Å². The molecule has 31 heavy (non-hydrogen) atoms. The number of carbonyl (C=O) groups excluding carboxylic acids is 1. The molecule has 2 aliphatic rings. The van der Waals surface area contributed by atoms with E-state index in [-0.39, 0.29) is 12.4 Å². The SMILES string of the molecule is CC(C)(C)OC(=O)N1CC2C(COc3ccc(-c4ccc(S(C)(=O)=O)cn4)cc3)[C@H]2C1.[HH]. The summed E-state index contributed by atoms with van der Waals surface area (Å²) < 4.78 is 34.5. The summed E-state index contributed by atoms with van der Waals surface area (Å²) in [6.45, 7) is 7.75. The Kier molecular flexibility index (Phi) is 5.45. The van der Waals surface area contributed by atoms with E-state index in [0.717, 1.165) is 24.4 Å². The maximum atomic E-state index is 12.2. The number of benzene rings is 1. The number of pyridine rings is 1. The highest BCUT2D eigenvalue weighted by Gasteiger charge is 2.57. The van der Waals surface area contributed by atoms with Crippen LogP contribution in [0.3, 0.4) is 0 Å². The molecule has 1 aliphatic carbocycles. The Morgan fingerprint density at radius 2 is 1.77 bits per heavy atom. The van der Waals surface area contributed by atoms with Crippen molar-refractivity contribution >= 4 is 15.9 Å². The van der Waals surface area contributed by atoms with Crippen LogP contribution >= 0.6 is 0 Å². The van der Waals surface area contributed by atoms with Gasteiger partial charge >= 0.3 is 6.09 Å². The van der Waals surface area contributed by atoms with E-state index in [1.165, 1.54) is 12.5 Å². The van der Waals surface area contributed by atoms with Gasteiger partial charge in [0.05, 0.1) is 17.2 Å². The molecule has 2 heterocycles. The monoisotopic (exact) mass is 446 g/mol. The van der Waals surface area contributed by atoms with Crippen molar-refractivity contribution in [1.29, 1.82) is 0 Å². The molecule has 0 radical (unpaired) electrons. The third-order valence-electron chi connectivity index (χ3n) is 5.78. The molecular formula is C23H30N2O5S. The average Bonchev–Trinajstić information content (AvgIpc) is 3.13. The number of likely N-dealkylation sites (tertiary alicyclic amines) is 1. The lowest BCUT2D eigenvalue weighted by Crippen LogP contribution is -2.37. The molecule has 1 aromatic carbocycles. The van der Waals surface area contributed by atoms with E-state index >= 15 is 0 Å². The van der Waals surface area contributed by atoms with Gasteiger partial charge in [-0.1, -0.05) is 0 Å². The summed E-state index contributed by atoms with van der Waals surface area (Å²) in [5.41, 5.74) is 1.13. The van der Waals surface area contributed by atoms with Crippen LogP contribution in [0.25, 0.3) is 11.3 Å². The predicted octanol–water partition coefficient (Wildman–Crippen LogP) is 3.89. The average molecular weight is 447 g/mol. The van der Waals surface area contributed by atoms with Crippen molar-refractivity contribution in [3.8, 4) is 17.0 Å². The Labute approximate surface area is 184 Å². The van der Waals surface area contributed by atoms with Crippen LogP contribution < -0.4 is 4.74 Å². The van der Waals surface area contributed by atoms with Gasteiger partial charge in [-0.15, -0.1) is 0 Å². The summed E-state index contributed by atoms with van der Waals surface area (Å²) >= 11 is 0. The van der Waals surface area contributed by atoms with Gasteiger partial charge in [0, 0.05) is 38.5 Å². The van der Waals surface area contributed by atoms with E-state index in [9.17, 15) is 13.2 Å². The number of hydrogen-bond acceptors (Lipinski definition) is 6. The molecule has 1 aromatic heterocycles. The van der Waals surface area contributed by atoms with E-state index in [2.05, 4.69) is 4.98 Å². The van der Waals surface area contributed by atoms with Crippen molar-refractivity contribution in [1.82, 2.24) is 9.88 Å². The molecule has 1 aliphatic heterocycles. The van der Waals surface area contributed by atoms with Gasteiger partial charge < -0.3 is 14.4 Å². The molecule has 1 saturated carbocycles. The molecule has 2 fully saturated rings. The summed E-state index contributed by atoms with van der Waals surface area (Å²) in [5, 5.41) is 0. The van der Waals surface area contributed by atoms with Gasteiger partial charge in [-0.3, -0.25) is 4.98 Å². The number of ether oxygens (including phenoxy) is 2. The predicted molar refractivity (Wildman–Crippen MR) is 119 cm³/mol. The lowest BCUT2D eigenvalue weighted by Gasteiger charge is -2.25. The zero-order valence-electron chi connectivity index (χ0n) is 18.2. The highest BCUT2D eigenvalue weighted by molar-refractivity contribution is 7.90. The summed E-state index contributed by atoms with van der Waals surface area (Å²) in [7, 11) is -3.25. The van der Waals surface area contributed by atoms with Gasteiger partial charge in [-0.2, -0.15) is 0 Å². The maximum absolute atomic E-state index is 12.2. The number of amides is 1. The smallest absolute Gasteiger partial charge is 0.410 e. The van der Waals surface area contributed by atoms with Crippen LogP contribution in [0.15, 0.2) is 47.5 Å². The van der Waals surface area contributed by atoms with Crippen LogP contribution in [0.4, 0.5) is 4.79 Å². The zero-order chi connectivity index (χ0) is 22.4. The molecule has 0 spiro atoms. The summed E-state index contributed by atoms with van der Waals surface area (Å²) in [6.07, 6.45) is 2.31. The van der Waals surface area contributed by atoms with E-state index < -0.39 is 15.4 Å². The Morgan fingerprint density at radius 3 is 2.29 bits per heavy atom. The summed E-state index contributed by atoms with van der Waals surface area (Å²) in [4.78, 5) is 18.4. The van der Waals surface area contributed by atoms with Crippen molar-refractivity contribution in [3.05, 3.63) is 42.6 Å². The van der Waals surface area contributed by atoms with Crippen LogP contribution in [0.2, 0.25) is 0 Å². The van der Waals surface area contributed by atoms with E-state index in [1.54, 1.807) is 17.0 Å². The molecule has 3 atom stereocenters. The Morgan fingerprint density at radius 1 is 1.13 bits per heavy atom. The first-order valence-electron chi connectivity index (χ1n) is 10.4. The van der Waals surface area contributed by atoms with Crippen molar-refractivity contribution in [2.24, 2.45) is 17.8 Å². The molecule has 7 nitrogen and oxygen atoms in total. The summed E-state index contributed by atoms with van der Waals surface area (Å²) in [6, 6.07) is 10.9. The standard InChI is InChI=1S/C23H28N2O5S.H2/c1-23(2,3)30-22(26)25-12-18-19(13-25)20(18)14-29-16-7-5-15(6-8-16)21-10-9-17(11-24-21)31(4,27)28;/h5-11,18-20H,12-14H2,1-4H3;1H/t18-,19?,20?;/m0./s1. The lowest BCUT2D eigenvalue weighted by atomic mass is 10.1. The molecule has 4 rings (SSSR count). The Hall–Kier alpha value is -2.61. The van der Waals surface area contributed by atoms with E-state index in [4.69, 9.17) is 9.47 Å². The number of hydrogen-bond donors (Lipinski definition) is 0. The zero-order valence-corrected chi connectivity index (χ0v) is 19.1. The van der Waals surface area contributed by atoms with Crippen molar-refractivity contribution in [3.63, 3.8) is 0 Å². The van der Waals surface area contributed by atoms with Crippen molar-refractivity contribution in [2.45, 2.75) is 31.3 Å². The normalized spacial score (nSPS) is 22.7.